The zero-order valence-electron chi connectivity index (χ0n) is 10.3. The lowest BCUT2D eigenvalue weighted by Gasteiger charge is -2.04. The number of benzene rings is 1. The molecule has 19 heavy (non-hydrogen) atoms. The summed E-state index contributed by atoms with van der Waals surface area (Å²) >= 11 is 1.17. The molecule has 1 aromatic heterocycles. The van der Waals surface area contributed by atoms with E-state index in [4.69, 9.17) is 10.8 Å². The molecule has 2 aromatic rings. The lowest BCUT2D eigenvalue weighted by molar-refractivity contribution is 0.0955. The van der Waals surface area contributed by atoms with Crippen LogP contribution in [0.1, 0.15) is 16.1 Å². The first-order valence-electron chi connectivity index (χ1n) is 5.93. The lowest BCUT2D eigenvalue weighted by atomic mass is 10.1. The third-order valence-electron chi connectivity index (χ3n) is 2.52. The maximum atomic E-state index is 12.0. The molecule has 0 unspecified atom stereocenters. The number of thiazole rings is 1. The van der Waals surface area contributed by atoms with Crippen LogP contribution in [0.25, 0.3) is 11.3 Å². The number of carbonyl (C=O) groups excluding carboxylic acids is 1. The molecule has 1 heterocycles. The van der Waals surface area contributed by atoms with Crippen molar-refractivity contribution >= 4 is 22.4 Å². The van der Waals surface area contributed by atoms with Crippen molar-refractivity contribution in [2.75, 3.05) is 18.9 Å². The number of hydrogen-bond donors (Lipinski definition) is 3. The molecule has 1 amide bonds. The number of amides is 1. The Bertz CT molecular complexity index is 554. The maximum Gasteiger partial charge on any atom is 0.263 e. The number of aromatic nitrogens is 1. The predicted molar refractivity (Wildman–Crippen MR) is 76.0 cm³/mol. The minimum Gasteiger partial charge on any atom is -0.396 e. The number of aliphatic hydroxyl groups excluding tert-OH is 1. The van der Waals surface area contributed by atoms with Gasteiger partial charge in [-0.2, -0.15) is 0 Å². The molecule has 0 bridgehead atoms. The van der Waals surface area contributed by atoms with Gasteiger partial charge in [0, 0.05) is 18.7 Å². The molecule has 6 heteroatoms. The Kier molecular flexibility index (Phi) is 4.48. The van der Waals surface area contributed by atoms with Crippen molar-refractivity contribution in [2.24, 2.45) is 0 Å². The average Bonchev–Trinajstić information content (AvgIpc) is 2.82. The summed E-state index contributed by atoms with van der Waals surface area (Å²) in [6.45, 7) is 0.484. The molecule has 0 fully saturated rings. The first-order valence-corrected chi connectivity index (χ1v) is 6.75. The van der Waals surface area contributed by atoms with E-state index in [1.807, 2.05) is 30.3 Å². The van der Waals surface area contributed by atoms with Crippen LogP contribution in [0, 0.1) is 0 Å². The molecule has 2 rings (SSSR count). The van der Waals surface area contributed by atoms with Crippen LogP contribution in [0.5, 0.6) is 0 Å². The van der Waals surface area contributed by atoms with E-state index in [2.05, 4.69) is 10.3 Å². The van der Waals surface area contributed by atoms with Gasteiger partial charge in [-0.3, -0.25) is 4.79 Å². The van der Waals surface area contributed by atoms with Gasteiger partial charge in [0.2, 0.25) is 0 Å². The number of nitrogens with one attached hydrogen (secondary N) is 1. The first-order chi connectivity index (χ1) is 9.22. The zero-order valence-corrected chi connectivity index (χ0v) is 11.1. The quantitative estimate of drug-likeness (QED) is 0.723. The molecular weight excluding hydrogens is 262 g/mol. The van der Waals surface area contributed by atoms with Gasteiger partial charge in [0.1, 0.15) is 4.88 Å². The van der Waals surface area contributed by atoms with E-state index in [0.29, 0.717) is 28.7 Å². The van der Waals surface area contributed by atoms with Gasteiger partial charge in [-0.25, -0.2) is 4.98 Å². The zero-order chi connectivity index (χ0) is 13.7. The van der Waals surface area contributed by atoms with Crippen molar-refractivity contribution in [1.29, 1.82) is 0 Å². The Balaban J connectivity index is 2.24. The minimum atomic E-state index is -0.207. The largest absolute Gasteiger partial charge is 0.396 e. The molecule has 4 N–H and O–H groups in total. The number of rotatable bonds is 5. The number of carbonyl (C=O) groups is 1. The number of aliphatic hydroxyl groups is 1. The molecule has 0 aliphatic carbocycles. The molecule has 0 radical (unpaired) electrons. The number of hydrogen-bond acceptors (Lipinski definition) is 5. The number of anilines is 1. The van der Waals surface area contributed by atoms with Gasteiger partial charge in [-0.05, 0) is 6.42 Å². The third-order valence-corrected chi connectivity index (χ3v) is 3.40. The smallest absolute Gasteiger partial charge is 0.263 e. The number of nitrogens with zero attached hydrogens (tertiary/aromatic N) is 1. The number of nitrogen functional groups attached to an aromatic ring is 1. The summed E-state index contributed by atoms with van der Waals surface area (Å²) in [5, 5.41) is 11.8. The molecule has 5 nitrogen and oxygen atoms in total. The highest BCUT2D eigenvalue weighted by atomic mass is 32.1. The van der Waals surface area contributed by atoms with Gasteiger partial charge in [-0.1, -0.05) is 41.7 Å². The highest BCUT2D eigenvalue weighted by Crippen LogP contribution is 2.29. The molecular formula is C13H15N3O2S. The van der Waals surface area contributed by atoms with E-state index in [1.54, 1.807) is 0 Å². The Hall–Kier alpha value is -1.92. The van der Waals surface area contributed by atoms with E-state index in [9.17, 15) is 4.79 Å². The van der Waals surface area contributed by atoms with E-state index >= 15 is 0 Å². The summed E-state index contributed by atoms with van der Waals surface area (Å²) in [6, 6.07) is 9.45. The second-order valence-corrected chi connectivity index (χ2v) is 4.96. The molecule has 0 aliphatic heterocycles. The third kappa shape index (κ3) is 3.30. The second kappa shape index (κ2) is 6.31. The van der Waals surface area contributed by atoms with Crippen molar-refractivity contribution in [3.8, 4) is 11.3 Å². The summed E-state index contributed by atoms with van der Waals surface area (Å²) < 4.78 is 0. The highest BCUT2D eigenvalue weighted by molar-refractivity contribution is 7.17. The van der Waals surface area contributed by atoms with Gasteiger partial charge in [0.25, 0.3) is 5.91 Å². The van der Waals surface area contributed by atoms with E-state index in [1.165, 1.54) is 11.3 Å². The van der Waals surface area contributed by atoms with Gasteiger partial charge < -0.3 is 16.2 Å². The molecule has 0 atom stereocenters. The van der Waals surface area contributed by atoms with Gasteiger partial charge in [-0.15, -0.1) is 0 Å². The highest BCUT2D eigenvalue weighted by Gasteiger charge is 2.17. The molecule has 100 valence electrons. The van der Waals surface area contributed by atoms with E-state index in [0.717, 1.165) is 5.56 Å². The van der Waals surface area contributed by atoms with Gasteiger partial charge in [0.15, 0.2) is 5.13 Å². The SMILES string of the molecule is Nc1nc(-c2ccccc2)c(C(=O)NCCCO)s1. The second-order valence-electron chi connectivity index (χ2n) is 3.93. The minimum absolute atomic E-state index is 0.0522. The summed E-state index contributed by atoms with van der Waals surface area (Å²) in [5.41, 5.74) is 7.16. The standard InChI is InChI=1S/C13H15N3O2S/c14-13-16-10(9-5-2-1-3-6-9)11(19-13)12(18)15-7-4-8-17/h1-3,5-6,17H,4,7-8H2,(H2,14,16)(H,15,18). The van der Waals surface area contributed by atoms with Crippen LogP contribution < -0.4 is 11.1 Å². The molecule has 0 saturated carbocycles. The first kappa shape index (κ1) is 13.5. The summed E-state index contributed by atoms with van der Waals surface area (Å²) in [7, 11) is 0. The Morgan fingerprint density at radius 1 is 1.37 bits per heavy atom. The predicted octanol–water partition coefficient (Wildman–Crippen LogP) is 1.50. The normalized spacial score (nSPS) is 10.4. The Morgan fingerprint density at radius 3 is 2.79 bits per heavy atom. The lowest BCUT2D eigenvalue weighted by Crippen LogP contribution is -2.24. The molecule has 0 aliphatic rings. The van der Waals surface area contributed by atoms with Crippen molar-refractivity contribution in [1.82, 2.24) is 10.3 Å². The summed E-state index contributed by atoms with van der Waals surface area (Å²) in [5.74, 6) is -0.207. The van der Waals surface area contributed by atoms with Crippen LogP contribution in [-0.2, 0) is 0 Å². The monoisotopic (exact) mass is 277 g/mol. The van der Waals surface area contributed by atoms with Crippen LogP contribution in [-0.4, -0.2) is 29.1 Å². The Morgan fingerprint density at radius 2 is 2.11 bits per heavy atom. The fourth-order valence-corrected chi connectivity index (χ4v) is 2.41. The van der Waals surface area contributed by atoms with Crippen LogP contribution in [0.3, 0.4) is 0 Å². The fraction of sp³-hybridized carbons (Fsp3) is 0.231. The molecule has 0 saturated heterocycles. The van der Waals surface area contributed by atoms with Crippen LogP contribution in [0.4, 0.5) is 5.13 Å². The summed E-state index contributed by atoms with van der Waals surface area (Å²) in [6.07, 6.45) is 0.528. The van der Waals surface area contributed by atoms with E-state index in [-0.39, 0.29) is 12.5 Å². The topological polar surface area (TPSA) is 88.2 Å². The van der Waals surface area contributed by atoms with Crippen LogP contribution in [0.2, 0.25) is 0 Å². The van der Waals surface area contributed by atoms with Crippen molar-refractivity contribution in [2.45, 2.75) is 6.42 Å². The van der Waals surface area contributed by atoms with Gasteiger partial charge >= 0.3 is 0 Å². The van der Waals surface area contributed by atoms with E-state index < -0.39 is 0 Å². The van der Waals surface area contributed by atoms with Crippen molar-refractivity contribution < 1.29 is 9.90 Å². The molecule has 1 aromatic carbocycles. The fourth-order valence-electron chi connectivity index (χ4n) is 1.64. The van der Waals surface area contributed by atoms with Crippen molar-refractivity contribution in [3.05, 3.63) is 35.2 Å². The van der Waals surface area contributed by atoms with Gasteiger partial charge in [0.05, 0.1) is 5.69 Å². The average molecular weight is 277 g/mol. The molecule has 0 spiro atoms. The van der Waals surface area contributed by atoms with Crippen LogP contribution >= 0.6 is 11.3 Å². The van der Waals surface area contributed by atoms with Crippen LogP contribution in [0.15, 0.2) is 30.3 Å². The Labute approximate surface area is 115 Å². The number of nitrogens with two attached hydrogens (primary N) is 1. The van der Waals surface area contributed by atoms with Crippen molar-refractivity contribution in [3.63, 3.8) is 0 Å². The maximum absolute atomic E-state index is 12.0. The summed E-state index contributed by atoms with van der Waals surface area (Å²) in [4.78, 5) is 16.8.